The van der Waals surface area contributed by atoms with Gasteiger partial charge in [-0.05, 0) is 58.1 Å². The molecule has 12 nitrogen and oxygen atoms in total. The first-order valence-electron chi connectivity index (χ1n) is 13.0. The normalized spacial score (nSPS) is 32.2. The monoisotopic (exact) mass is 555 g/mol. The number of phenols is 1. The second kappa shape index (κ2) is 8.21. The molecule has 2 fully saturated rings. The van der Waals surface area contributed by atoms with Crippen molar-refractivity contribution in [2.24, 2.45) is 17.3 Å². The maximum atomic E-state index is 14.5. The lowest BCUT2D eigenvalue weighted by Gasteiger charge is -2.43. The van der Waals surface area contributed by atoms with Crippen molar-refractivity contribution in [3.05, 3.63) is 28.5 Å². The largest absolute Gasteiger partial charge is 0.508 e. The summed E-state index contributed by atoms with van der Waals surface area (Å²) in [6.07, 6.45) is -0.199. The number of phenolic OH excluding ortho intramolecular Hbond substituents is 1. The van der Waals surface area contributed by atoms with Gasteiger partial charge in [-0.15, -0.1) is 0 Å². The summed E-state index contributed by atoms with van der Waals surface area (Å²) in [7, 11) is 3.38. The first-order chi connectivity index (χ1) is 18.4. The number of benzene rings is 1. The van der Waals surface area contributed by atoms with Crippen LogP contribution in [0, 0.1) is 17.3 Å². The minimum atomic E-state index is -2.89. The number of ketones is 4. The Kier molecular flexibility index (Phi) is 5.74. The average molecular weight is 556 g/mol. The van der Waals surface area contributed by atoms with Crippen molar-refractivity contribution in [3.63, 3.8) is 0 Å². The van der Waals surface area contributed by atoms with Crippen molar-refractivity contribution < 1.29 is 44.4 Å². The number of amides is 1. The van der Waals surface area contributed by atoms with Crippen LogP contribution < -0.4 is 15.5 Å². The van der Waals surface area contributed by atoms with Crippen LogP contribution in [0.2, 0.25) is 0 Å². The van der Waals surface area contributed by atoms with Crippen molar-refractivity contribution in [2.75, 3.05) is 30.9 Å². The van der Waals surface area contributed by atoms with Crippen molar-refractivity contribution in [3.8, 4) is 5.75 Å². The number of carbonyl (C=O) groups excluding carboxylic acids is 5. The van der Waals surface area contributed by atoms with Crippen molar-refractivity contribution in [1.82, 2.24) is 5.32 Å². The summed E-state index contributed by atoms with van der Waals surface area (Å²) in [6, 6.07) is 1.50. The average Bonchev–Trinajstić information content (AvgIpc) is 3.18. The molecular weight excluding hydrogens is 522 g/mol. The minimum Gasteiger partial charge on any atom is -0.508 e. The Morgan fingerprint density at radius 2 is 1.73 bits per heavy atom. The molecule has 40 heavy (non-hydrogen) atoms. The highest BCUT2D eigenvalue weighted by molar-refractivity contribution is 6.37. The van der Waals surface area contributed by atoms with Crippen molar-refractivity contribution in [2.45, 2.75) is 57.3 Å². The second-order valence-electron chi connectivity index (χ2n) is 12.5. The molecule has 0 radical (unpaired) electrons. The predicted octanol–water partition coefficient (Wildman–Crippen LogP) is 0.175. The fourth-order valence-electron chi connectivity index (χ4n) is 7.26. The number of hydrogen-bond acceptors (Lipinski definition) is 11. The van der Waals surface area contributed by atoms with Gasteiger partial charge in [-0.2, -0.15) is 0 Å². The van der Waals surface area contributed by atoms with Crippen LogP contribution in [0.5, 0.6) is 5.75 Å². The summed E-state index contributed by atoms with van der Waals surface area (Å²) in [4.78, 5) is 68.3. The molecule has 1 aromatic rings. The first kappa shape index (κ1) is 27.9. The van der Waals surface area contributed by atoms with E-state index in [9.17, 15) is 44.4 Å². The lowest BCUT2D eigenvalue weighted by atomic mass is 9.58. The molecule has 6 N–H and O–H groups in total. The highest BCUT2D eigenvalue weighted by Gasteiger charge is 2.90. The van der Waals surface area contributed by atoms with Crippen LogP contribution in [0.3, 0.4) is 0 Å². The number of carbonyl (C=O) groups is 5. The van der Waals surface area contributed by atoms with Gasteiger partial charge < -0.3 is 36.0 Å². The van der Waals surface area contributed by atoms with Crippen LogP contribution in [0.15, 0.2) is 17.4 Å². The molecule has 0 aromatic heterocycles. The van der Waals surface area contributed by atoms with Gasteiger partial charge in [0, 0.05) is 31.2 Å². The molecule has 1 aromatic carbocycles. The van der Waals surface area contributed by atoms with Crippen LogP contribution in [0.25, 0.3) is 0 Å². The Labute approximate surface area is 230 Å². The van der Waals surface area contributed by atoms with E-state index in [1.54, 1.807) is 19.0 Å². The van der Waals surface area contributed by atoms with Gasteiger partial charge in [0.2, 0.25) is 11.7 Å². The molecule has 214 valence electrons. The van der Waals surface area contributed by atoms with E-state index in [1.165, 1.54) is 6.07 Å². The quantitative estimate of drug-likeness (QED) is 0.165. The van der Waals surface area contributed by atoms with Gasteiger partial charge >= 0.3 is 0 Å². The first-order valence-corrected chi connectivity index (χ1v) is 13.0. The zero-order valence-electron chi connectivity index (χ0n) is 23.1. The molecule has 2 saturated carbocycles. The Morgan fingerprint density at radius 3 is 2.27 bits per heavy atom. The number of nitrogens with one attached hydrogen (secondary N) is 2. The number of aliphatic hydroxyl groups is 3. The SMILES string of the molecule is CC(=O)C1=C(O)[C@@]2(O)[C@@H]3C[C@@H]4Cc5c(N(C)C)cc(NC(=O)CNC(C)(C)C)c(O)c5C(=O)[C@@]42C(=O)[C@]3(O)C1=O. The minimum absolute atomic E-state index is 0.0283. The van der Waals surface area contributed by atoms with E-state index in [2.05, 4.69) is 10.6 Å². The van der Waals surface area contributed by atoms with Crippen molar-refractivity contribution in [1.29, 1.82) is 0 Å². The Hall–Kier alpha value is -3.61. The number of hydrogen-bond donors (Lipinski definition) is 6. The van der Waals surface area contributed by atoms with Crippen LogP contribution in [-0.2, 0) is 25.6 Å². The molecule has 0 unspecified atom stereocenters. The number of nitrogens with zero attached hydrogens (tertiary/aromatic N) is 1. The summed E-state index contributed by atoms with van der Waals surface area (Å²) >= 11 is 0. The second-order valence-corrected chi connectivity index (χ2v) is 12.5. The molecule has 1 spiro atoms. The molecule has 0 heterocycles. The van der Waals surface area contributed by atoms with Crippen LogP contribution >= 0.6 is 0 Å². The summed E-state index contributed by atoms with van der Waals surface area (Å²) in [5.74, 6) is -9.54. The van der Waals surface area contributed by atoms with E-state index in [4.69, 9.17) is 0 Å². The topological polar surface area (TPSA) is 194 Å². The van der Waals surface area contributed by atoms with Gasteiger partial charge in [-0.3, -0.25) is 24.0 Å². The molecular formula is C28H33N3O9. The molecule has 5 rings (SSSR count). The fraction of sp³-hybridized carbons (Fsp3) is 0.536. The summed E-state index contributed by atoms with van der Waals surface area (Å²) < 4.78 is 0. The number of fused-ring (bicyclic) bond motifs is 1. The highest BCUT2D eigenvalue weighted by Crippen LogP contribution is 2.73. The maximum absolute atomic E-state index is 14.5. The fourth-order valence-corrected chi connectivity index (χ4v) is 7.26. The van der Waals surface area contributed by atoms with Gasteiger partial charge in [-0.25, -0.2) is 0 Å². The van der Waals surface area contributed by atoms with Crippen molar-refractivity contribution >= 4 is 40.4 Å². The smallest absolute Gasteiger partial charge is 0.238 e. The van der Waals surface area contributed by atoms with E-state index in [1.807, 2.05) is 20.8 Å². The molecule has 0 saturated heterocycles. The molecule has 4 bridgehead atoms. The lowest BCUT2D eigenvalue weighted by molar-refractivity contribution is -0.158. The Morgan fingerprint density at radius 1 is 1.10 bits per heavy atom. The number of aromatic hydroxyl groups is 1. The van der Waals surface area contributed by atoms with Gasteiger partial charge in [-0.1, -0.05) is 0 Å². The summed E-state index contributed by atoms with van der Waals surface area (Å²) in [6.45, 7) is 6.43. The molecule has 1 amide bonds. The van der Waals surface area contributed by atoms with Gasteiger partial charge in [0.25, 0.3) is 0 Å². The Balaban J connectivity index is 1.71. The highest BCUT2D eigenvalue weighted by atomic mass is 16.4. The lowest BCUT2D eigenvalue weighted by Crippen LogP contribution is -2.59. The zero-order chi connectivity index (χ0) is 29.9. The third-order valence-electron chi connectivity index (χ3n) is 8.92. The summed E-state index contributed by atoms with van der Waals surface area (Å²) in [5, 5.41) is 51.5. The van der Waals surface area contributed by atoms with Crippen LogP contribution in [0.4, 0.5) is 11.4 Å². The van der Waals surface area contributed by atoms with E-state index >= 15 is 0 Å². The molecule has 4 aliphatic rings. The van der Waals surface area contributed by atoms with E-state index in [0.29, 0.717) is 11.3 Å². The molecule has 5 atom stereocenters. The third kappa shape index (κ3) is 3.09. The van der Waals surface area contributed by atoms with Crippen LogP contribution in [-0.4, -0.2) is 86.8 Å². The third-order valence-corrected chi connectivity index (χ3v) is 8.92. The van der Waals surface area contributed by atoms with E-state index in [-0.39, 0.29) is 36.2 Å². The predicted molar refractivity (Wildman–Crippen MR) is 141 cm³/mol. The summed E-state index contributed by atoms with van der Waals surface area (Å²) in [5.41, 5.74) is -9.16. The van der Waals surface area contributed by atoms with Gasteiger partial charge in [0.05, 0.1) is 17.8 Å². The van der Waals surface area contributed by atoms with E-state index < -0.39 is 74.6 Å². The number of anilines is 2. The number of Topliss-reactive ketones (excluding diaryl/α,β-unsaturated/α-hetero) is 4. The standard InChI is InChI=1S/C28H33N3O9/c1-11(32)18-22(36)27(39)16-8-12-7-13-15(31(5)6)9-14(30-17(33)10-29-25(2,3)4)20(34)19(13)21(35)26(12,24(27)38)28(16,40)23(18)37/h9,12,16,29,34,37,39-40H,7-8,10H2,1-6H3,(H,30,33)/t12-,16+,26+,27+,28-/m0/s1. The number of rotatable bonds is 5. The zero-order valence-corrected chi connectivity index (χ0v) is 23.1. The van der Waals surface area contributed by atoms with Gasteiger partial charge in [0.15, 0.2) is 23.0 Å². The molecule has 12 heteroatoms. The number of aliphatic hydroxyl groups excluding tert-OH is 1. The Bertz CT molecular complexity index is 1470. The maximum Gasteiger partial charge on any atom is 0.238 e. The van der Waals surface area contributed by atoms with Crippen LogP contribution in [0.1, 0.15) is 50.0 Å². The molecule has 4 aliphatic carbocycles. The van der Waals surface area contributed by atoms with E-state index in [0.717, 1.165) is 6.92 Å². The van der Waals surface area contributed by atoms with Gasteiger partial charge in [0.1, 0.15) is 28.1 Å². The molecule has 0 aliphatic heterocycles.